The fourth-order valence-electron chi connectivity index (χ4n) is 3.09. The summed E-state index contributed by atoms with van der Waals surface area (Å²) in [4.78, 5) is 5.14. The van der Waals surface area contributed by atoms with E-state index in [0.717, 1.165) is 19.6 Å². The van der Waals surface area contributed by atoms with Crippen LogP contribution in [0.15, 0.2) is 23.3 Å². The summed E-state index contributed by atoms with van der Waals surface area (Å²) in [6, 6.07) is 0. The minimum Gasteiger partial charge on any atom is -0.300 e. The molecule has 0 amide bonds. The second-order valence-corrected chi connectivity index (χ2v) is 6.43. The van der Waals surface area contributed by atoms with Crippen LogP contribution in [0.2, 0.25) is 0 Å². The lowest BCUT2D eigenvalue weighted by Crippen LogP contribution is -2.48. The minimum atomic E-state index is 0.321. The Balaban J connectivity index is 1.96. The Kier molecular flexibility index (Phi) is 4.29. The molecular formula is C16H28N2. The van der Waals surface area contributed by atoms with E-state index in [2.05, 4.69) is 49.6 Å². The Labute approximate surface area is 112 Å². The molecule has 0 spiro atoms. The quantitative estimate of drug-likeness (QED) is 0.708. The third kappa shape index (κ3) is 3.24. The van der Waals surface area contributed by atoms with Gasteiger partial charge in [-0.25, -0.2) is 0 Å². The van der Waals surface area contributed by atoms with E-state index < -0.39 is 0 Å². The first-order valence-electron chi connectivity index (χ1n) is 7.32. The molecule has 0 saturated carbocycles. The molecule has 0 aromatic heterocycles. The number of hydrogen-bond donors (Lipinski definition) is 0. The van der Waals surface area contributed by atoms with E-state index in [9.17, 15) is 0 Å². The molecule has 102 valence electrons. The highest BCUT2D eigenvalue weighted by molar-refractivity contribution is 5.16. The van der Waals surface area contributed by atoms with E-state index in [1.54, 1.807) is 11.1 Å². The fourth-order valence-corrected chi connectivity index (χ4v) is 3.09. The Morgan fingerprint density at radius 1 is 1.22 bits per heavy atom. The van der Waals surface area contributed by atoms with Gasteiger partial charge in [0.25, 0.3) is 0 Å². The summed E-state index contributed by atoms with van der Waals surface area (Å²) in [5.41, 5.74) is 3.51. The monoisotopic (exact) mass is 248 g/mol. The second-order valence-electron chi connectivity index (χ2n) is 6.43. The van der Waals surface area contributed by atoms with Gasteiger partial charge in [-0.3, -0.25) is 9.80 Å². The zero-order valence-corrected chi connectivity index (χ0v) is 12.5. The van der Waals surface area contributed by atoms with Crippen LogP contribution in [0, 0.1) is 0 Å². The Morgan fingerprint density at radius 2 is 2.00 bits per heavy atom. The van der Waals surface area contributed by atoms with Crippen LogP contribution in [-0.4, -0.2) is 48.1 Å². The van der Waals surface area contributed by atoms with Crippen molar-refractivity contribution in [1.82, 2.24) is 9.80 Å². The van der Waals surface area contributed by atoms with Crippen molar-refractivity contribution in [3.63, 3.8) is 0 Å². The topological polar surface area (TPSA) is 6.48 Å². The van der Waals surface area contributed by atoms with Crippen molar-refractivity contribution < 1.29 is 0 Å². The van der Waals surface area contributed by atoms with Crippen molar-refractivity contribution in [1.29, 1.82) is 0 Å². The average molecular weight is 248 g/mol. The molecule has 2 heteroatoms. The van der Waals surface area contributed by atoms with E-state index in [0.29, 0.717) is 5.54 Å². The van der Waals surface area contributed by atoms with Crippen LogP contribution < -0.4 is 0 Å². The zero-order valence-electron chi connectivity index (χ0n) is 12.5. The zero-order chi connectivity index (χ0) is 13.2. The molecule has 2 heterocycles. The van der Waals surface area contributed by atoms with Crippen LogP contribution in [-0.2, 0) is 0 Å². The highest BCUT2D eigenvalue weighted by Crippen LogP contribution is 2.29. The molecule has 0 atom stereocenters. The second kappa shape index (κ2) is 5.58. The van der Waals surface area contributed by atoms with Gasteiger partial charge in [-0.05, 0) is 40.2 Å². The summed E-state index contributed by atoms with van der Waals surface area (Å²) in [6.45, 7) is 15.1. The van der Waals surface area contributed by atoms with Crippen LogP contribution in [0.4, 0.5) is 0 Å². The molecule has 2 aliphatic rings. The lowest BCUT2D eigenvalue weighted by molar-refractivity contribution is 0.135. The third-order valence-corrected chi connectivity index (χ3v) is 4.46. The van der Waals surface area contributed by atoms with E-state index in [-0.39, 0.29) is 0 Å². The fraction of sp³-hybridized carbons (Fsp3) is 0.750. The summed E-state index contributed by atoms with van der Waals surface area (Å²) in [7, 11) is 0. The molecule has 0 unspecified atom stereocenters. The average Bonchev–Trinajstić information content (AvgIpc) is 2.33. The minimum absolute atomic E-state index is 0.321. The SMILES string of the molecule is CCN1CC=C(CN2CC=C(C)CC2(C)C)CC1. The molecule has 2 nitrogen and oxygen atoms in total. The molecule has 0 saturated heterocycles. The van der Waals surface area contributed by atoms with Crippen LogP contribution >= 0.6 is 0 Å². The predicted octanol–water partition coefficient (Wildman–Crippen LogP) is 3.07. The first kappa shape index (κ1) is 13.8. The summed E-state index contributed by atoms with van der Waals surface area (Å²) < 4.78 is 0. The summed E-state index contributed by atoms with van der Waals surface area (Å²) in [5.74, 6) is 0. The van der Waals surface area contributed by atoms with Crippen molar-refractivity contribution in [3.05, 3.63) is 23.3 Å². The highest BCUT2D eigenvalue weighted by Gasteiger charge is 2.29. The maximum Gasteiger partial charge on any atom is 0.0202 e. The lowest BCUT2D eigenvalue weighted by atomic mass is 9.89. The smallest absolute Gasteiger partial charge is 0.0202 e. The summed E-state index contributed by atoms with van der Waals surface area (Å²) >= 11 is 0. The van der Waals surface area contributed by atoms with Gasteiger partial charge >= 0.3 is 0 Å². The van der Waals surface area contributed by atoms with Crippen molar-refractivity contribution in [3.8, 4) is 0 Å². The van der Waals surface area contributed by atoms with Gasteiger partial charge in [0, 0.05) is 31.7 Å². The van der Waals surface area contributed by atoms with Crippen molar-refractivity contribution in [2.45, 2.75) is 46.1 Å². The van der Waals surface area contributed by atoms with Gasteiger partial charge < -0.3 is 0 Å². The largest absolute Gasteiger partial charge is 0.300 e. The maximum absolute atomic E-state index is 2.63. The van der Waals surface area contributed by atoms with Crippen molar-refractivity contribution in [2.24, 2.45) is 0 Å². The van der Waals surface area contributed by atoms with Crippen LogP contribution in [0.25, 0.3) is 0 Å². The van der Waals surface area contributed by atoms with Gasteiger partial charge in [0.05, 0.1) is 0 Å². The van der Waals surface area contributed by atoms with E-state index >= 15 is 0 Å². The van der Waals surface area contributed by atoms with Gasteiger partial charge in [0.2, 0.25) is 0 Å². The Bertz CT molecular complexity index is 352. The van der Waals surface area contributed by atoms with Crippen LogP contribution in [0.1, 0.15) is 40.5 Å². The van der Waals surface area contributed by atoms with Crippen LogP contribution in [0.3, 0.4) is 0 Å². The third-order valence-electron chi connectivity index (χ3n) is 4.46. The van der Waals surface area contributed by atoms with Crippen molar-refractivity contribution >= 4 is 0 Å². The molecule has 0 bridgehead atoms. The first-order chi connectivity index (χ1) is 8.51. The van der Waals surface area contributed by atoms with Gasteiger partial charge in [-0.15, -0.1) is 0 Å². The molecule has 0 aromatic rings. The molecule has 18 heavy (non-hydrogen) atoms. The molecular weight excluding hydrogens is 220 g/mol. The molecule has 0 fully saturated rings. The molecule has 2 aliphatic heterocycles. The van der Waals surface area contributed by atoms with E-state index in [1.807, 2.05) is 0 Å². The molecule has 0 aromatic carbocycles. The van der Waals surface area contributed by atoms with Gasteiger partial charge in [-0.2, -0.15) is 0 Å². The van der Waals surface area contributed by atoms with Gasteiger partial charge in [0.15, 0.2) is 0 Å². The standard InChI is InChI=1S/C16H28N2/c1-5-17-9-7-15(8-10-17)13-18-11-6-14(2)12-16(18,3)4/h6-7H,5,8-13H2,1-4H3. The molecule has 0 N–H and O–H groups in total. The van der Waals surface area contributed by atoms with E-state index in [4.69, 9.17) is 0 Å². The van der Waals surface area contributed by atoms with Gasteiger partial charge in [0.1, 0.15) is 0 Å². The highest BCUT2D eigenvalue weighted by atomic mass is 15.2. The first-order valence-corrected chi connectivity index (χ1v) is 7.32. The number of likely N-dealkylation sites (N-methyl/N-ethyl adjacent to an activating group) is 1. The normalized spacial score (nSPS) is 25.8. The van der Waals surface area contributed by atoms with Crippen molar-refractivity contribution in [2.75, 3.05) is 32.7 Å². The maximum atomic E-state index is 2.63. The lowest BCUT2D eigenvalue weighted by Gasteiger charge is -2.42. The van der Waals surface area contributed by atoms with Gasteiger partial charge in [-0.1, -0.05) is 30.2 Å². The number of nitrogens with zero attached hydrogens (tertiary/aromatic N) is 2. The molecule has 0 aliphatic carbocycles. The van der Waals surface area contributed by atoms with E-state index in [1.165, 1.54) is 25.9 Å². The predicted molar refractivity (Wildman–Crippen MR) is 78.8 cm³/mol. The van der Waals surface area contributed by atoms with Crippen LogP contribution in [0.5, 0.6) is 0 Å². The Hall–Kier alpha value is -0.600. The Morgan fingerprint density at radius 3 is 2.56 bits per heavy atom. The molecule has 2 rings (SSSR count). The summed E-state index contributed by atoms with van der Waals surface area (Å²) in [6.07, 6.45) is 7.31. The number of hydrogen-bond acceptors (Lipinski definition) is 2. The molecule has 0 radical (unpaired) electrons. The summed E-state index contributed by atoms with van der Waals surface area (Å²) in [5, 5.41) is 0. The number of rotatable bonds is 3.